The monoisotopic (exact) mass is 196 g/mol. The average molecular weight is 196 g/mol. The highest BCUT2D eigenvalue weighted by molar-refractivity contribution is 6.03. The van der Waals surface area contributed by atoms with Crippen LogP contribution in [0.2, 0.25) is 0 Å². The van der Waals surface area contributed by atoms with Gasteiger partial charge < -0.3 is 4.74 Å². The summed E-state index contributed by atoms with van der Waals surface area (Å²) in [6.45, 7) is 8.86. The van der Waals surface area contributed by atoms with Crippen molar-refractivity contribution < 1.29 is 14.3 Å². The fourth-order valence-corrected chi connectivity index (χ4v) is 1.76. The van der Waals surface area contributed by atoms with Crippen molar-refractivity contribution in [2.24, 2.45) is 5.41 Å². The second-order valence-corrected chi connectivity index (χ2v) is 4.33. The first-order valence-electron chi connectivity index (χ1n) is 4.68. The first-order chi connectivity index (χ1) is 6.28. The molecular formula is C11H16O3. The maximum Gasteiger partial charge on any atom is 0.303 e. The maximum atomic E-state index is 11.7. The Morgan fingerprint density at radius 3 is 2.14 bits per heavy atom. The fraction of sp³-hybridized carbons (Fsp3) is 0.636. The summed E-state index contributed by atoms with van der Waals surface area (Å²) in [7, 11) is 0. The third-order valence-corrected chi connectivity index (χ3v) is 3.08. The normalized spacial score (nSPS) is 25.5. The first-order valence-corrected chi connectivity index (χ1v) is 4.68. The molecule has 0 heterocycles. The van der Waals surface area contributed by atoms with Crippen LogP contribution in [-0.4, -0.2) is 17.9 Å². The molecule has 3 heteroatoms. The second-order valence-electron chi connectivity index (χ2n) is 4.33. The van der Waals surface area contributed by atoms with E-state index in [2.05, 4.69) is 0 Å². The van der Waals surface area contributed by atoms with Gasteiger partial charge in [0.05, 0.1) is 0 Å². The van der Waals surface area contributed by atoms with Crippen LogP contribution in [0.25, 0.3) is 0 Å². The van der Waals surface area contributed by atoms with Crippen molar-refractivity contribution in [2.45, 2.75) is 40.7 Å². The Bertz CT molecular complexity index is 323. The zero-order valence-electron chi connectivity index (χ0n) is 9.30. The van der Waals surface area contributed by atoms with E-state index < -0.39 is 12.1 Å². The molecule has 0 bridgehead atoms. The van der Waals surface area contributed by atoms with Crippen LogP contribution in [0.5, 0.6) is 0 Å². The van der Waals surface area contributed by atoms with Crippen molar-refractivity contribution in [3.05, 3.63) is 11.1 Å². The van der Waals surface area contributed by atoms with Crippen molar-refractivity contribution in [3.63, 3.8) is 0 Å². The van der Waals surface area contributed by atoms with E-state index in [1.54, 1.807) is 6.92 Å². The Labute approximate surface area is 84.1 Å². The Balaban J connectivity index is 3.03. The Morgan fingerprint density at radius 1 is 1.36 bits per heavy atom. The van der Waals surface area contributed by atoms with E-state index in [4.69, 9.17) is 4.74 Å². The van der Waals surface area contributed by atoms with Crippen molar-refractivity contribution in [1.29, 1.82) is 0 Å². The molecule has 0 spiro atoms. The third kappa shape index (κ3) is 1.47. The van der Waals surface area contributed by atoms with Gasteiger partial charge in [-0.25, -0.2) is 0 Å². The van der Waals surface area contributed by atoms with Gasteiger partial charge in [0.1, 0.15) is 0 Å². The van der Waals surface area contributed by atoms with Crippen molar-refractivity contribution in [3.8, 4) is 0 Å². The van der Waals surface area contributed by atoms with Crippen LogP contribution < -0.4 is 0 Å². The summed E-state index contributed by atoms with van der Waals surface area (Å²) < 4.78 is 5.05. The number of ketones is 1. The number of carbonyl (C=O) groups is 2. The molecule has 0 radical (unpaired) electrons. The molecule has 0 aromatic heterocycles. The fourth-order valence-electron chi connectivity index (χ4n) is 1.76. The minimum atomic E-state index is -0.639. The third-order valence-electron chi connectivity index (χ3n) is 3.08. The maximum absolute atomic E-state index is 11.7. The van der Waals surface area contributed by atoms with Crippen LogP contribution in [0, 0.1) is 5.41 Å². The van der Waals surface area contributed by atoms with Gasteiger partial charge in [-0.15, -0.1) is 0 Å². The van der Waals surface area contributed by atoms with Gasteiger partial charge in [0.15, 0.2) is 11.9 Å². The second kappa shape index (κ2) is 3.23. The minimum absolute atomic E-state index is 0.0669. The number of esters is 1. The standard InChI is InChI=1S/C11H16O3/c1-6-7(2)11(4,5)10(9(6)13)14-8(3)12/h10H,1-5H3. The van der Waals surface area contributed by atoms with Crippen LogP contribution in [0.4, 0.5) is 0 Å². The van der Waals surface area contributed by atoms with E-state index in [-0.39, 0.29) is 11.2 Å². The predicted octanol–water partition coefficient (Wildman–Crippen LogP) is 1.86. The molecule has 0 fully saturated rings. The minimum Gasteiger partial charge on any atom is -0.453 e. The summed E-state index contributed by atoms with van der Waals surface area (Å²) in [5.41, 5.74) is 1.36. The molecule has 1 unspecified atom stereocenters. The van der Waals surface area contributed by atoms with Gasteiger partial charge in [0, 0.05) is 12.3 Å². The van der Waals surface area contributed by atoms with Gasteiger partial charge in [0.2, 0.25) is 0 Å². The van der Waals surface area contributed by atoms with Gasteiger partial charge in [-0.05, 0) is 19.4 Å². The molecule has 78 valence electrons. The molecule has 0 aliphatic heterocycles. The molecule has 0 aromatic carbocycles. The van der Waals surface area contributed by atoms with E-state index in [0.717, 1.165) is 11.1 Å². The molecule has 14 heavy (non-hydrogen) atoms. The number of hydrogen-bond acceptors (Lipinski definition) is 3. The van der Waals surface area contributed by atoms with Crippen molar-refractivity contribution in [2.75, 3.05) is 0 Å². The summed E-state index contributed by atoms with van der Waals surface area (Å²) >= 11 is 0. The molecule has 1 atom stereocenters. The molecule has 0 amide bonds. The molecule has 0 saturated heterocycles. The number of Topliss-reactive ketones (excluding diaryl/α,β-unsaturated/α-hetero) is 1. The van der Waals surface area contributed by atoms with Crippen LogP contribution in [0.1, 0.15) is 34.6 Å². The Hall–Kier alpha value is -1.12. The smallest absolute Gasteiger partial charge is 0.303 e. The number of carbonyl (C=O) groups excluding carboxylic acids is 2. The topological polar surface area (TPSA) is 43.4 Å². The summed E-state index contributed by atoms with van der Waals surface area (Å²) in [5, 5.41) is 0. The Morgan fingerprint density at radius 2 is 1.86 bits per heavy atom. The lowest BCUT2D eigenvalue weighted by Gasteiger charge is -2.27. The number of rotatable bonds is 1. The van der Waals surface area contributed by atoms with Gasteiger partial charge in [-0.1, -0.05) is 19.4 Å². The van der Waals surface area contributed by atoms with Crippen molar-refractivity contribution >= 4 is 11.8 Å². The van der Waals surface area contributed by atoms with E-state index in [0.29, 0.717) is 0 Å². The summed E-state index contributed by atoms with van der Waals surface area (Å²) in [5.74, 6) is -0.471. The zero-order valence-corrected chi connectivity index (χ0v) is 9.30. The molecular weight excluding hydrogens is 180 g/mol. The summed E-state index contributed by atoms with van der Waals surface area (Å²) in [6.07, 6.45) is -0.639. The highest BCUT2D eigenvalue weighted by atomic mass is 16.5. The lowest BCUT2D eigenvalue weighted by molar-refractivity contribution is -0.155. The van der Waals surface area contributed by atoms with Gasteiger partial charge in [-0.2, -0.15) is 0 Å². The van der Waals surface area contributed by atoms with Gasteiger partial charge in [-0.3, -0.25) is 9.59 Å². The molecule has 0 saturated carbocycles. The molecule has 0 N–H and O–H groups in total. The van der Waals surface area contributed by atoms with Crippen LogP contribution in [0.3, 0.4) is 0 Å². The Kier molecular flexibility index (Phi) is 2.52. The lowest BCUT2D eigenvalue weighted by atomic mass is 9.84. The first kappa shape index (κ1) is 11.0. The lowest BCUT2D eigenvalue weighted by Crippen LogP contribution is -2.35. The van der Waals surface area contributed by atoms with E-state index in [1.165, 1.54) is 6.92 Å². The SMILES string of the molecule is CC(=O)OC1C(=O)C(C)=C(C)C1(C)C. The van der Waals surface area contributed by atoms with Crippen LogP contribution >= 0.6 is 0 Å². The quantitative estimate of drug-likeness (QED) is 0.601. The number of hydrogen-bond donors (Lipinski definition) is 0. The predicted molar refractivity (Wildman–Crippen MR) is 52.7 cm³/mol. The highest BCUT2D eigenvalue weighted by Gasteiger charge is 2.46. The molecule has 1 aliphatic rings. The van der Waals surface area contributed by atoms with Gasteiger partial charge in [0.25, 0.3) is 0 Å². The molecule has 3 nitrogen and oxygen atoms in total. The molecule has 1 rings (SSSR count). The van der Waals surface area contributed by atoms with E-state index >= 15 is 0 Å². The van der Waals surface area contributed by atoms with Gasteiger partial charge >= 0.3 is 5.97 Å². The van der Waals surface area contributed by atoms with Crippen LogP contribution in [0.15, 0.2) is 11.1 Å². The summed E-state index contributed by atoms with van der Waals surface area (Å²) in [6, 6.07) is 0. The van der Waals surface area contributed by atoms with E-state index in [1.807, 2.05) is 20.8 Å². The van der Waals surface area contributed by atoms with E-state index in [9.17, 15) is 9.59 Å². The largest absolute Gasteiger partial charge is 0.453 e. The molecule has 1 aliphatic carbocycles. The summed E-state index contributed by atoms with van der Waals surface area (Å²) in [4.78, 5) is 22.6. The highest BCUT2D eigenvalue weighted by Crippen LogP contribution is 2.41. The van der Waals surface area contributed by atoms with Crippen molar-refractivity contribution in [1.82, 2.24) is 0 Å². The molecule has 0 aromatic rings. The number of ether oxygens (including phenoxy) is 1. The zero-order chi connectivity index (χ0) is 11.1. The van der Waals surface area contributed by atoms with Crippen LogP contribution in [-0.2, 0) is 14.3 Å². The average Bonchev–Trinajstić information content (AvgIpc) is 2.20.